The van der Waals surface area contributed by atoms with Crippen molar-refractivity contribution in [2.75, 3.05) is 13.2 Å². The van der Waals surface area contributed by atoms with Gasteiger partial charge in [0.05, 0.1) is 34.1 Å². The van der Waals surface area contributed by atoms with Crippen LogP contribution in [-0.2, 0) is 10.5 Å². The number of nitrogens with zero attached hydrogens (tertiary/aromatic N) is 3. The molecular formula is C23H21ClN4O2S2. The smallest absolute Gasteiger partial charge is 0.282 e. The number of nitrogens with one attached hydrogen (secondary N) is 1. The van der Waals surface area contributed by atoms with Gasteiger partial charge in [0.15, 0.2) is 0 Å². The molecule has 0 unspecified atom stereocenters. The Labute approximate surface area is 198 Å². The largest absolute Gasteiger partial charge is 0.376 e. The Morgan fingerprint density at radius 2 is 2.12 bits per heavy atom. The molecule has 0 aliphatic carbocycles. The molecule has 0 bridgehead atoms. The van der Waals surface area contributed by atoms with Crippen molar-refractivity contribution in [3.05, 3.63) is 75.2 Å². The topological polar surface area (TPSA) is 72.3 Å². The van der Waals surface area contributed by atoms with Gasteiger partial charge < -0.3 is 4.74 Å². The predicted octanol–water partition coefficient (Wildman–Crippen LogP) is 5.32. The first kappa shape index (κ1) is 21.5. The number of hydrogen-bond acceptors (Lipinski definition) is 6. The van der Waals surface area contributed by atoms with E-state index in [1.165, 1.54) is 16.0 Å². The minimum Gasteiger partial charge on any atom is -0.376 e. The zero-order valence-corrected chi connectivity index (χ0v) is 19.6. The van der Waals surface area contributed by atoms with Crippen LogP contribution in [-0.4, -0.2) is 40.2 Å². The Balaban J connectivity index is 1.46. The number of para-hydroxylation sites is 1. The summed E-state index contributed by atoms with van der Waals surface area (Å²) in [5.74, 6) is 0.593. The number of halogens is 1. The highest BCUT2D eigenvalue weighted by Crippen LogP contribution is 2.26. The van der Waals surface area contributed by atoms with Gasteiger partial charge in [0.1, 0.15) is 0 Å². The monoisotopic (exact) mass is 484 g/mol. The number of benzene rings is 2. The number of aliphatic imine (C=N–C) groups is 1. The van der Waals surface area contributed by atoms with Gasteiger partial charge in [0.25, 0.3) is 5.56 Å². The molecular weight excluding hydrogens is 464 g/mol. The lowest BCUT2D eigenvalue weighted by Gasteiger charge is -2.04. The molecule has 1 fully saturated rings. The molecule has 2 aromatic heterocycles. The highest BCUT2D eigenvalue weighted by molar-refractivity contribution is 7.98. The number of thioether (sulfide) groups is 1. The van der Waals surface area contributed by atoms with Gasteiger partial charge in [0.2, 0.25) is 5.13 Å². The molecule has 9 heteroatoms. The maximum absolute atomic E-state index is 13.3. The standard InChI is InChI=1S/C23H21ClN4O2S2/c24-15-7-9-17(10-8-15)31-14-20-18(13-25-12-16-4-3-11-30-16)22(29)28(27-20)23-26-19-5-1-2-6-21(19)32-23/h1-2,5-10,13,16,27H,3-4,11-12,14H2/t16-/m0/s1. The number of ether oxygens (including phenoxy) is 1. The minimum absolute atomic E-state index is 0.142. The van der Waals surface area contributed by atoms with Crippen molar-refractivity contribution in [3.8, 4) is 5.13 Å². The summed E-state index contributed by atoms with van der Waals surface area (Å²) in [7, 11) is 0. The molecule has 0 amide bonds. The van der Waals surface area contributed by atoms with E-state index < -0.39 is 0 Å². The number of aromatic nitrogens is 3. The molecule has 32 heavy (non-hydrogen) atoms. The van der Waals surface area contributed by atoms with E-state index >= 15 is 0 Å². The van der Waals surface area contributed by atoms with Crippen molar-refractivity contribution in [1.29, 1.82) is 0 Å². The van der Waals surface area contributed by atoms with Crippen molar-refractivity contribution in [3.63, 3.8) is 0 Å². The van der Waals surface area contributed by atoms with Crippen LogP contribution in [0.2, 0.25) is 5.02 Å². The second-order valence-electron chi connectivity index (χ2n) is 7.48. The lowest BCUT2D eigenvalue weighted by atomic mass is 10.2. The van der Waals surface area contributed by atoms with Crippen LogP contribution in [0.25, 0.3) is 15.3 Å². The van der Waals surface area contributed by atoms with Crippen LogP contribution >= 0.6 is 34.7 Å². The zero-order valence-electron chi connectivity index (χ0n) is 17.2. The first-order valence-electron chi connectivity index (χ1n) is 10.4. The van der Waals surface area contributed by atoms with Crippen LogP contribution in [0.15, 0.2) is 63.2 Å². The van der Waals surface area contributed by atoms with E-state index in [1.807, 2.05) is 48.5 Å². The van der Waals surface area contributed by atoms with Crippen molar-refractivity contribution >= 4 is 51.1 Å². The Morgan fingerprint density at radius 3 is 2.91 bits per heavy atom. The van der Waals surface area contributed by atoms with E-state index in [0.717, 1.165) is 40.3 Å². The Kier molecular flexibility index (Phi) is 6.45. The minimum atomic E-state index is -0.146. The lowest BCUT2D eigenvalue weighted by Crippen LogP contribution is -2.17. The van der Waals surface area contributed by atoms with E-state index in [0.29, 0.717) is 28.0 Å². The van der Waals surface area contributed by atoms with Gasteiger partial charge >= 0.3 is 0 Å². The highest BCUT2D eigenvalue weighted by Gasteiger charge is 2.18. The molecule has 3 heterocycles. The summed E-state index contributed by atoms with van der Waals surface area (Å²) >= 11 is 9.11. The zero-order chi connectivity index (χ0) is 21.9. The van der Waals surface area contributed by atoms with Gasteiger partial charge in [-0.05, 0) is 49.2 Å². The fraction of sp³-hybridized carbons (Fsp3) is 0.261. The van der Waals surface area contributed by atoms with Gasteiger partial charge in [-0.1, -0.05) is 35.1 Å². The van der Waals surface area contributed by atoms with E-state index in [9.17, 15) is 4.79 Å². The molecule has 1 aliphatic rings. The van der Waals surface area contributed by atoms with E-state index in [2.05, 4.69) is 15.1 Å². The number of fused-ring (bicyclic) bond motifs is 1. The number of thiazole rings is 1. The second kappa shape index (κ2) is 9.62. The maximum atomic E-state index is 13.3. The molecule has 6 nitrogen and oxygen atoms in total. The maximum Gasteiger partial charge on any atom is 0.282 e. The molecule has 0 radical (unpaired) electrons. The summed E-state index contributed by atoms with van der Waals surface area (Å²) in [5.41, 5.74) is 2.10. The van der Waals surface area contributed by atoms with Crippen LogP contribution in [0.5, 0.6) is 0 Å². The molecule has 2 aromatic carbocycles. The molecule has 5 rings (SSSR count). The Hall–Kier alpha value is -2.39. The van der Waals surface area contributed by atoms with Gasteiger partial charge in [-0.15, -0.1) is 11.8 Å². The molecule has 1 aliphatic heterocycles. The number of aromatic amines is 1. The predicted molar refractivity (Wildman–Crippen MR) is 132 cm³/mol. The Morgan fingerprint density at radius 1 is 1.28 bits per heavy atom. The average Bonchev–Trinajstić information content (AvgIpc) is 3.53. The summed E-state index contributed by atoms with van der Waals surface area (Å²) < 4.78 is 8.21. The van der Waals surface area contributed by atoms with Crippen LogP contribution in [0.3, 0.4) is 0 Å². The highest BCUT2D eigenvalue weighted by atomic mass is 35.5. The quantitative estimate of drug-likeness (QED) is 0.284. The number of hydrogen-bond donors (Lipinski definition) is 1. The SMILES string of the molecule is O=c1c(C=NC[C@@H]2CCCO2)c(CSc2ccc(Cl)cc2)[nH]n1-c1nc2ccccc2s1. The first-order chi connectivity index (χ1) is 15.7. The average molecular weight is 485 g/mol. The summed E-state index contributed by atoms with van der Waals surface area (Å²) in [6, 6.07) is 15.5. The molecule has 1 N–H and O–H groups in total. The lowest BCUT2D eigenvalue weighted by molar-refractivity contribution is 0.118. The third kappa shape index (κ3) is 4.68. The number of rotatable bonds is 7. The van der Waals surface area contributed by atoms with E-state index in [-0.39, 0.29) is 11.7 Å². The van der Waals surface area contributed by atoms with Crippen molar-refractivity contribution < 1.29 is 4.74 Å². The van der Waals surface area contributed by atoms with Crippen LogP contribution in [0.1, 0.15) is 24.1 Å². The fourth-order valence-corrected chi connectivity index (χ4v) is 5.48. The second-order valence-corrected chi connectivity index (χ2v) is 9.97. The van der Waals surface area contributed by atoms with Crippen LogP contribution < -0.4 is 5.56 Å². The van der Waals surface area contributed by atoms with Gasteiger partial charge in [0, 0.05) is 28.5 Å². The number of H-pyrrole nitrogens is 1. The summed E-state index contributed by atoms with van der Waals surface area (Å²) in [6.45, 7) is 1.35. The summed E-state index contributed by atoms with van der Waals surface area (Å²) in [6.07, 6.45) is 3.91. The normalized spacial score (nSPS) is 16.5. The fourth-order valence-electron chi connectivity index (χ4n) is 3.57. The molecule has 4 aromatic rings. The van der Waals surface area contributed by atoms with Crippen LogP contribution in [0.4, 0.5) is 0 Å². The summed E-state index contributed by atoms with van der Waals surface area (Å²) in [5, 5.41) is 4.59. The molecule has 1 atom stereocenters. The van der Waals surface area contributed by atoms with Gasteiger partial charge in [-0.2, -0.15) is 4.68 Å². The molecule has 1 saturated heterocycles. The molecule has 164 valence electrons. The molecule has 0 spiro atoms. The third-order valence-electron chi connectivity index (χ3n) is 5.23. The van der Waals surface area contributed by atoms with Crippen molar-refractivity contribution in [2.45, 2.75) is 29.6 Å². The third-order valence-corrected chi connectivity index (χ3v) is 7.54. The van der Waals surface area contributed by atoms with Gasteiger partial charge in [-0.3, -0.25) is 14.9 Å². The van der Waals surface area contributed by atoms with E-state index in [1.54, 1.807) is 18.0 Å². The summed E-state index contributed by atoms with van der Waals surface area (Å²) in [4.78, 5) is 23.5. The molecule has 0 saturated carbocycles. The van der Waals surface area contributed by atoms with Crippen molar-refractivity contribution in [2.24, 2.45) is 4.99 Å². The van der Waals surface area contributed by atoms with Crippen LogP contribution in [0, 0.1) is 0 Å². The van der Waals surface area contributed by atoms with E-state index in [4.69, 9.17) is 16.3 Å². The Bertz CT molecular complexity index is 1270. The van der Waals surface area contributed by atoms with Gasteiger partial charge in [-0.25, -0.2) is 4.98 Å². The van der Waals surface area contributed by atoms with Crippen molar-refractivity contribution in [1.82, 2.24) is 14.8 Å². The first-order valence-corrected chi connectivity index (χ1v) is 12.5.